The zero-order valence-electron chi connectivity index (χ0n) is 18.6. The standard InChI is InChI=1S/C27H28N2O5/c30-16-20-6-2-3-7-22(20)18-11-9-17(10-12-18)13-21(15-25(32)29-34)27(33)28-26-23-8-4-1-5-19(23)14-24(26)31/h1-12,21,24,26,30-31,34H,13-16H2,(H,28,33)(H,29,32). The number of benzene rings is 3. The molecule has 0 heterocycles. The summed E-state index contributed by atoms with van der Waals surface area (Å²) in [5.74, 6) is -1.75. The van der Waals surface area contributed by atoms with E-state index >= 15 is 0 Å². The zero-order valence-corrected chi connectivity index (χ0v) is 18.6. The molecule has 1 aliphatic carbocycles. The molecule has 4 rings (SSSR count). The van der Waals surface area contributed by atoms with E-state index in [0.717, 1.165) is 33.4 Å². The van der Waals surface area contributed by atoms with Gasteiger partial charge in [-0.3, -0.25) is 14.8 Å². The van der Waals surface area contributed by atoms with E-state index in [1.165, 1.54) is 0 Å². The first-order chi connectivity index (χ1) is 16.5. The molecule has 0 fully saturated rings. The SMILES string of the molecule is O=C(CC(Cc1ccc(-c2ccccc2CO)cc1)C(=O)NC1c2ccccc2CC1O)NO. The lowest BCUT2D eigenvalue weighted by Crippen LogP contribution is -2.40. The van der Waals surface area contributed by atoms with E-state index in [1.54, 1.807) is 5.48 Å². The summed E-state index contributed by atoms with van der Waals surface area (Å²) in [5, 5.41) is 32.0. The second kappa shape index (κ2) is 10.6. The number of fused-ring (bicyclic) bond motifs is 1. The fourth-order valence-electron chi connectivity index (χ4n) is 4.59. The Morgan fingerprint density at radius 3 is 2.41 bits per heavy atom. The van der Waals surface area contributed by atoms with Crippen molar-refractivity contribution in [3.8, 4) is 11.1 Å². The second-order valence-electron chi connectivity index (χ2n) is 8.61. The molecule has 34 heavy (non-hydrogen) atoms. The average Bonchev–Trinajstić information content (AvgIpc) is 3.18. The maximum Gasteiger partial charge on any atom is 0.244 e. The lowest BCUT2D eigenvalue weighted by molar-refractivity contribution is -0.135. The maximum absolute atomic E-state index is 13.2. The molecule has 0 radical (unpaired) electrons. The molecule has 0 saturated carbocycles. The average molecular weight is 461 g/mol. The van der Waals surface area contributed by atoms with Crippen molar-refractivity contribution in [2.45, 2.75) is 38.0 Å². The molecule has 3 aromatic rings. The van der Waals surface area contributed by atoms with Crippen LogP contribution >= 0.6 is 0 Å². The Balaban J connectivity index is 1.51. The van der Waals surface area contributed by atoms with Gasteiger partial charge >= 0.3 is 0 Å². The van der Waals surface area contributed by atoms with E-state index in [9.17, 15) is 19.8 Å². The molecule has 2 amide bonds. The minimum absolute atomic E-state index is 0.0629. The minimum atomic E-state index is -0.737. The van der Waals surface area contributed by atoms with Gasteiger partial charge in [-0.2, -0.15) is 0 Å². The Labute approximate surface area is 198 Å². The molecular weight excluding hydrogens is 432 g/mol. The highest BCUT2D eigenvalue weighted by Gasteiger charge is 2.34. The first kappa shape index (κ1) is 23.6. The quantitative estimate of drug-likeness (QED) is 0.262. The predicted molar refractivity (Wildman–Crippen MR) is 127 cm³/mol. The molecule has 0 aromatic heterocycles. The van der Waals surface area contributed by atoms with Crippen molar-refractivity contribution in [3.63, 3.8) is 0 Å². The minimum Gasteiger partial charge on any atom is -0.392 e. The third-order valence-electron chi connectivity index (χ3n) is 6.36. The van der Waals surface area contributed by atoms with Crippen molar-refractivity contribution < 1.29 is 25.0 Å². The number of aliphatic hydroxyl groups excluding tert-OH is 2. The number of rotatable bonds is 8. The highest BCUT2D eigenvalue weighted by Crippen LogP contribution is 2.32. The monoisotopic (exact) mass is 460 g/mol. The van der Waals surface area contributed by atoms with Gasteiger partial charge in [0.1, 0.15) is 0 Å². The highest BCUT2D eigenvalue weighted by molar-refractivity contribution is 5.86. The van der Waals surface area contributed by atoms with Gasteiger partial charge in [-0.05, 0) is 39.8 Å². The van der Waals surface area contributed by atoms with Crippen LogP contribution in [0.15, 0.2) is 72.8 Å². The number of aliphatic hydroxyl groups is 2. The van der Waals surface area contributed by atoms with E-state index in [4.69, 9.17) is 5.21 Å². The summed E-state index contributed by atoms with van der Waals surface area (Å²) in [5.41, 5.74) is 7.01. The van der Waals surface area contributed by atoms with E-state index in [0.29, 0.717) is 6.42 Å². The fraction of sp³-hybridized carbons (Fsp3) is 0.259. The molecule has 0 aliphatic heterocycles. The van der Waals surface area contributed by atoms with Crippen LogP contribution in [0.3, 0.4) is 0 Å². The van der Waals surface area contributed by atoms with Gasteiger partial charge in [-0.1, -0.05) is 72.8 Å². The van der Waals surface area contributed by atoms with Crippen LogP contribution in [0.5, 0.6) is 0 Å². The Bertz CT molecular complexity index is 1160. The van der Waals surface area contributed by atoms with Crippen molar-refractivity contribution in [3.05, 3.63) is 95.1 Å². The van der Waals surface area contributed by atoms with Gasteiger partial charge in [-0.15, -0.1) is 0 Å². The Hall–Kier alpha value is -3.52. The summed E-state index contributed by atoms with van der Waals surface area (Å²) in [6.07, 6.45) is -0.188. The first-order valence-corrected chi connectivity index (χ1v) is 11.3. The first-order valence-electron chi connectivity index (χ1n) is 11.3. The van der Waals surface area contributed by atoms with Crippen LogP contribution in [0.4, 0.5) is 0 Å². The molecule has 7 nitrogen and oxygen atoms in total. The predicted octanol–water partition coefficient (Wildman–Crippen LogP) is 2.67. The van der Waals surface area contributed by atoms with Crippen molar-refractivity contribution >= 4 is 11.8 Å². The lowest BCUT2D eigenvalue weighted by Gasteiger charge is -2.22. The smallest absolute Gasteiger partial charge is 0.244 e. The highest BCUT2D eigenvalue weighted by atomic mass is 16.5. The summed E-state index contributed by atoms with van der Waals surface area (Å²) >= 11 is 0. The van der Waals surface area contributed by atoms with Gasteiger partial charge < -0.3 is 15.5 Å². The number of hydroxylamine groups is 1. The summed E-state index contributed by atoms with van der Waals surface area (Å²) in [7, 11) is 0. The molecule has 7 heteroatoms. The van der Waals surface area contributed by atoms with Crippen LogP contribution in [0.2, 0.25) is 0 Å². The Morgan fingerprint density at radius 2 is 1.68 bits per heavy atom. The van der Waals surface area contributed by atoms with Crippen molar-refractivity contribution in [1.82, 2.24) is 10.8 Å². The largest absolute Gasteiger partial charge is 0.392 e. The van der Waals surface area contributed by atoms with Crippen LogP contribution in [0.1, 0.15) is 34.7 Å². The normalized spacial score (nSPS) is 17.6. The molecule has 3 atom stereocenters. The Kier molecular flexibility index (Phi) is 7.37. The van der Waals surface area contributed by atoms with Gasteiger partial charge in [0, 0.05) is 12.8 Å². The molecular formula is C27H28N2O5. The number of nitrogens with one attached hydrogen (secondary N) is 2. The van der Waals surface area contributed by atoms with Gasteiger partial charge in [-0.25, -0.2) is 5.48 Å². The molecule has 0 spiro atoms. The summed E-state index contributed by atoms with van der Waals surface area (Å²) < 4.78 is 0. The summed E-state index contributed by atoms with van der Waals surface area (Å²) in [6, 6.07) is 22.2. The van der Waals surface area contributed by atoms with Gasteiger partial charge in [0.25, 0.3) is 0 Å². The number of carbonyl (C=O) groups is 2. The molecule has 3 aromatic carbocycles. The Morgan fingerprint density at radius 1 is 0.971 bits per heavy atom. The summed E-state index contributed by atoms with van der Waals surface area (Å²) in [4.78, 5) is 25.1. The third kappa shape index (κ3) is 5.17. The second-order valence-corrected chi connectivity index (χ2v) is 8.61. The number of hydrogen-bond acceptors (Lipinski definition) is 5. The van der Waals surface area contributed by atoms with E-state index < -0.39 is 24.0 Å². The van der Waals surface area contributed by atoms with Crippen molar-refractivity contribution in [2.75, 3.05) is 0 Å². The number of carbonyl (C=O) groups excluding carboxylic acids is 2. The van der Waals surface area contributed by atoms with Crippen molar-refractivity contribution in [1.29, 1.82) is 0 Å². The van der Waals surface area contributed by atoms with Gasteiger partial charge in [0.15, 0.2) is 0 Å². The molecule has 5 N–H and O–H groups in total. The van der Waals surface area contributed by atoms with E-state index in [1.807, 2.05) is 72.8 Å². The number of hydrogen-bond donors (Lipinski definition) is 5. The van der Waals surface area contributed by atoms with E-state index in [2.05, 4.69) is 5.32 Å². The topological polar surface area (TPSA) is 119 Å². The van der Waals surface area contributed by atoms with Crippen LogP contribution in [-0.2, 0) is 29.0 Å². The van der Waals surface area contributed by atoms with Crippen LogP contribution < -0.4 is 10.8 Å². The van der Waals surface area contributed by atoms with Crippen molar-refractivity contribution in [2.24, 2.45) is 5.92 Å². The van der Waals surface area contributed by atoms with Crippen LogP contribution in [0.25, 0.3) is 11.1 Å². The fourth-order valence-corrected chi connectivity index (χ4v) is 4.59. The molecule has 0 bridgehead atoms. The third-order valence-corrected chi connectivity index (χ3v) is 6.36. The molecule has 1 aliphatic rings. The maximum atomic E-state index is 13.2. The van der Waals surface area contributed by atoms with Crippen LogP contribution in [0, 0.1) is 5.92 Å². The van der Waals surface area contributed by atoms with Crippen LogP contribution in [-0.4, -0.2) is 33.3 Å². The molecule has 176 valence electrons. The zero-order chi connectivity index (χ0) is 24.1. The summed E-state index contributed by atoms with van der Waals surface area (Å²) in [6.45, 7) is -0.0629. The number of amides is 2. The van der Waals surface area contributed by atoms with Gasteiger partial charge in [0.2, 0.25) is 11.8 Å². The van der Waals surface area contributed by atoms with Gasteiger partial charge in [0.05, 0.1) is 24.7 Å². The molecule has 0 saturated heterocycles. The lowest BCUT2D eigenvalue weighted by atomic mass is 9.92. The van der Waals surface area contributed by atoms with E-state index in [-0.39, 0.29) is 25.4 Å². The molecule has 3 unspecified atom stereocenters.